The van der Waals surface area contributed by atoms with Gasteiger partial charge in [0.2, 0.25) is 0 Å². The van der Waals surface area contributed by atoms with Crippen LogP contribution >= 0.6 is 0 Å². The van der Waals surface area contributed by atoms with Crippen LogP contribution in [0.25, 0.3) is 0 Å². The lowest BCUT2D eigenvalue weighted by molar-refractivity contribution is -0.150. The van der Waals surface area contributed by atoms with E-state index in [1.54, 1.807) is 27.0 Å². The zero-order valence-corrected chi connectivity index (χ0v) is 14.6. The number of rotatable bonds is 11. The minimum atomic E-state index is -0.983. The third-order valence-electron chi connectivity index (χ3n) is 4.36. The minimum absolute atomic E-state index is 0.0524. The lowest BCUT2D eigenvalue weighted by atomic mass is 9.73. The highest BCUT2D eigenvalue weighted by Crippen LogP contribution is 2.33. The van der Waals surface area contributed by atoms with Gasteiger partial charge in [0.15, 0.2) is 0 Å². The Morgan fingerprint density at radius 3 is 2.14 bits per heavy atom. The molecule has 4 atom stereocenters. The van der Waals surface area contributed by atoms with Crippen LogP contribution in [0.2, 0.25) is 0 Å². The highest BCUT2D eigenvalue weighted by atomic mass is 16.5. The van der Waals surface area contributed by atoms with Gasteiger partial charge < -0.3 is 14.6 Å². The van der Waals surface area contributed by atoms with Crippen molar-refractivity contribution in [1.29, 1.82) is 0 Å². The van der Waals surface area contributed by atoms with E-state index >= 15 is 0 Å². The van der Waals surface area contributed by atoms with Crippen molar-refractivity contribution >= 4 is 11.8 Å². The molecule has 0 aliphatic heterocycles. The van der Waals surface area contributed by atoms with Crippen molar-refractivity contribution in [2.75, 3.05) is 14.2 Å². The van der Waals surface area contributed by atoms with E-state index in [0.717, 1.165) is 6.42 Å². The molecule has 5 heteroatoms. The Labute approximate surface area is 133 Å². The summed E-state index contributed by atoms with van der Waals surface area (Å²) in [6.07, 6.45) is 1.43. The smallest absolute Gasteiger partial charge is 0.306 e. The molecule has 128 valence electrons. The Morgan fingerprint density at radius 2 is 1.77 bits per heavy atom. The zero-order chi connectivity index (χ0) is 17.5. The SMILES string of the molecule is C=CC[C@H](C)[C@H](OC)[C@@H](C)C(=O)C(C)(C)[C@H](CC(=O)O)OC. The van der Waals surface area contributed by atoms with Crippen LogP contribution in [0.4, 0.5) is 0 Å². The van der Waals surface area contributed by atoms with Crippen LogP contribution in [0, 0.1) is 17.3 Å². The maximum Gasteiger partial charge on any atom is 0.306 e. The quantitative estimate of drug-likeness (QED) is 0.594. The number of hydrogen-bond acceptors (Lipinski definition) is 4. The molecule has 0 radical (unpaired) electrons. The number of methoxy groups -OCH3 is 2. The molecule has 0 aromatic heterocycles. The Balaban J connectivity index is 5.24. The maximum absolute atomic E-state index is 12.9. The fourth-order valence-electron chi connectivity index (χ4n) is 3.01. The molecule has 0 aliphatic rings. The topological polar surface area (TPSA) is 72.8 Å². The molecule has 0 amide bonds. The van der Waals surface area contributed by atoms with Crippen molar-refractivity contribution in [3.8, 4) is 0 Å². The molecule has 0 rings (SSSR count). The molecular weight excluding hydrogens is 284 g/mol. The molecule has 5 nitrogen and oxygen atoms in total. The standard InChI is InChI=1S/C17H30O5/c1-8-9-11(2)15(22-7)12(3)16(20)17(4,5)13(21-6)10-14(18)19/h8,11-13,15H,1,9-10H2,2-7H3,(H,18,19)/t11-,12+,13-,15-/m0/s1. The summed E-state index contributed by atoms with van der Waals surface area (Å²) in [5.74, 6) is -1.24. The van der Waals surface area contributed by atoms with Gasteiger partial charge in [0, 0.05) is 20.1 Å². The van der Waals surface area contributed by atoms with Gasteiger partial charge in [-0.2, -0.15) is 0 Å². The number of ketones is 1. The number of carboxylic acid groups (broad SMARTS) is 1. The number of aliphatic carboxylic acids is 1. The first-order valence-corrected chi connectivity index (χ1v) is 7.56. The van der Waals surface area contributed by atoms with Crippen molar-refractivity contribution < 1.29 is 24.2 Å². The van der Waals surface area contributed by atoms with E-state index < -0.39 is 17.5 Å². The average Bonchev–Trinajstić information content (AvgIpc) is 2.44. The minimum Gasteiger partial charge on any atom is -0.481 e. The molecule has 1 N–H and O–H groups in total. The molecule has 0 saturated heterocycles. The number of ether oxygens (including phenoxy) is 2. The molecule has 0 bridgehead atoms. The number of hydrogen-bond donors (Lipinski definition) is 1. The lowest BCUT2D eigenvalue weighted by Gasteiger charge is -2.36. The number of carbonyl (C=O) groups is 2. The lowest BCUT2D eigenvalue weighted by Crippen LogP contribution is -2.46. The van der Waals surface area contributed by atoms with E-state index in [0.29, 0.717) is 0 Å². The Kier molecular flexibility index (Phi) is 8.56. The van der Waals surface area contributed by atoms with Crippen LogP contribution in [0.15, 0.2) is 12.7 Å². The molecule has 0 aromatic rings. The molecule has 0 heterocycles. The van der Waals surface area contributed by atoms with E-state index in [2.05, 4.69) is 6.58 Å². The molecule has 0 fully saturated rings. The second-order valence-corrected chi connectivity index (χ2v) is 6.40. The molecule has 0 unspecified atom stereocenters. The zero-order valence-electron chi connectivity index (χ0n) is 14.6. The van der Waals surface area contributed by atoms with Crippen LogP contribution in [0.5, 0.6) is 0 Å². The van der Waals surface area contributed by atoms with Crippen molar-refractivity contribution in [2.24, 2.45) is 17.3 Å². The van der Waals surface area contributed by atoms with E-state index in [1.807, 2.05) is 13.8 Å². The molecule has 0 aromatic carbocycles. The monoisotopic (exact) mass is 314 g/mol. The summed E-state index contributed by atoms with van der Waals surface area (Å²) in [6, 6.07) is 0. The van der Waals surface area contributed by atoms with E-state index in [1.165, 1.54) is 7.11 Å². The van der Waals surface area contributed by atoms with Gasteiger partial charge in [0.1, 0.15) is 5.78 Å². The van der Waals surface area contributed by atoms with Gasteiger partial charge in [-0.15, -0.1) is 6.58 Å². The first kappa shape index (κ1) is 20.8. The fraction of sp³-hybridized carbons (Fsp3) is 0.765. The molecular formula is C17H30O5. The number of carbonyl (C=O) groups excluding carboxylic acids is 1. The van der Waals surface area contributed by atoms with Gasteiger partial charge in [-0.3, -0.25) is 9.59 Å². The number of Topliss-reactive ketones (excluding diaryl/α,β-unsaturated/α-hetero) is 1. The summed E-state index contributed by atoms with van der Waals surface area (Å²) in [4.78, 5) is 23.8. The van der Waals surface area contributed by atoms with Crippen molar-refractivity contribution in [3.63, 3.8) is 0 Å². The van der Waals surface area contributed by atoms with Gasteiger partial charge in [0.25, 0.3) is 0 Å². The van der Waals surface area contributed by atoms with Crippen LogP contribution in [0.1, 0.15) is 40.5 Å². The predicted octanol–water partition coefficient (Wildman–Crippen LogP) is 2.93. The van der Waals surface area contributed by atoms with Gasteiger partial charge in [-0.05, 0) is 12.3 Å². The average molecular weight is 314 g/mol. The highest BCUT2D eigenvalue weighted by Gasteiger charge is 2.43. The van der Waals surface area contributed by atoms with Gasteiger partial charge in [-0.1, -0.05) is 33.8 Å². The highest BCUT2D eigenvalue weighted by molar-refractivity contribution is 5.87. The normalized spacial score (nSPS) is 17.4. The van der Waals surface area contributed by atoms with Crippen molar-refractivity contribution in [3.05, 3.63) is 12.7 Å². The van der Waals surface area contributed by atoms with Crippen LogP contribution in [0.3, 0.4) is 0 Å². The largest absolute Gasteiger partial charge is 0.481 e. The fourth-order valence-corrected chi connectivity index (χ4v) is 3.01. The van der Waals surface area contributed by atoms with Crippen LogP contribution in [-0.2, 0) is 19.1 Å². The molecule has 0 saturated carbocycles. The van der Waals surface area contributed by atoms with E-state index in [-0.39, 0.29) is 30.1 Å². The molecule has 0 spiro atoms. The summed E-state index contributed by atoms with van der Waals surface area (Å²) in [7, 11) is 3.02. The van der Waals surface area contributed by atoms with Gasteiger partial charge in [-0.25, -0.2) is 0 Å². The maximum atomic E-state index is 12.9. The van der Waals surface area contributed by atoms with Crippen LogP contribution in [-0.4, -0.2) is 43.3 Å². The Morgan fingerprint density at radius 1 is 1.23 bits per heavy atom. The third-order valence-corrected chi connectivity index (χ3v) is 4.36. The summed E-state index contributed by atoms with van der Waals surface area (Å²) in [5.41, 5.74) is -0.906. The summed E-state index contributed by atoms with van der Waals surface area (Å²) in [5, 5.41) is 8.99. The molecule has 0 aliphatic carbocycles. The van der Waals surface area contributed by atoms with E-state index in [9.17, 15) is 9.59 Å². The van der Waals surface area contributed by atoms with Crippen LogP contribution < -0.4 is 0 Å². The number of allylic oxidation sites excluding steroid dienone is 1. The predicted molar refractivity (Wildman–Crippen MR) is 85.8 cm³/mol. The van der Waals surface area contributed by atoms with Gasteiger partial charge >= 0.3 is 5.97 Å². The van der Waals surface area contributed by atoms with Gasteiger partial charge in [0.05, 0.1) is 24.0 Å². The molecule has 22 heavy (non-hydrogen) atoms. The summed E-state index contributed by atoms with van der Waals surface area (Å²) in [6.45, 7) is 11.0. The Hall–Kier alpha value is -1.20. The third kappa shape index (κ3) is 5.21. The summed E-state index contributed by atoms with van der Waals surface area (Å²) < 4.78 is 10.8. The second kappa shape index (κ2) is 9.06. The van der Waals surface area contributed by atoms with Crippen molar-refractivity contribution in [2.45, 2.75) is 52.7 Å². The summed E-state index contributed by atoms with van der Waals surface area (Å²) >= 11 is 0. The first-order valence-electron chi connectivity index (χ1n) is 7.56. The second-order valence-electron chi connectivity index (χ2n) is 6.40. The van der Waals surface area contributed by atoms with Crippen molar-refractivity contribution in [1.82, 2.24) is 0 Å². The first-order chi connectivity index (χ1) is 10.1. The van der Waals surface area contributed by atoms with E-state index in [4.69, 9.17) is 14.6 Å². The Bertz CT molecular complexity index is 389. The number of carboxylic acids is 1.